The predicted molar refractivity (Wildman–Crippen MR) is 300 cm³/mol. The highest BCUT2D eigenvalue weighted by molar-refractivity contribution is 7.47. The molecule has 0 aliphatic rings. The molecule has 0 fully saturated rings. The molecule has 0 aromatic rings. The third-order valence-electron chi connectivity index (χ3n) is 13.0. The van der Waals surface area contributed by atoms with Gasteiger partial charge in [-0.1, -0.05) is 224 Å². The molecule has 0 bridgehead atoms. The van der Waals surface area contributed by atoms with Gasteiger partial charge < -0.3 is 19.4 Å². The smallest absolute Gasteiger partial charge is 0.456 e. The molecule has 0 aliphatic carbocycles. The third-order valence-corrected chi connectivity index (χ3v) is 14.0. The van der Waals surface area contributed by atoms with Crippen LogP contribution in [-0.4, -0.2) is 74.3 Å². The summed E-state index contributed by atoms with van der Waals surface area (Å²) in [6, 6.07) is -0.862. The lowest BCUT2D eigenvalue weighted by molar-refractivity contribution is -0.870. The van der Waals surface area contributed by atoms with E-state index in [2.05, 4.69) is 62.5 Å². The van der Waals surface area contributed by atoms with Gasteiger partial charge in [-0.3, -0.25) is 18.6 Å². The Labute approximate surface area is 433 Å². The van der Waals surface area contributed by atoms with Gasteiger partial charge in [0.15, 0.2) is 0 Å². The maximum Gasteiger partial charge on any atom is 0.472 e. The molecule has 1 amide bonds. The average molecular weight is 1010 g/mol. The minimum Gasteiger partial charge on any atom is -0.456 e. The number of esters is 1. The van der Waals surface area contributed by atoms with Crippen molar-refractivity contribution in [2.45, 2.75) is 283 Å². The average Bonchev–Trinajstić information content (AvgIpc) is 3.32. The van der Waals surface area contributed by atoms with Gasteiger partial charge >= 0.3 is 13.8 Å². The minimum absolute atomic E-state index is 0.0345. The Bertz CT molecular complexity index is 1340. The standard InChI is InChI=1S/C60H113N2O7P/c1-7-10-13-16-19-22-25-27-29-31-33-35-38-41-44-47-50-53-60(64)69-58(51-48-45-42-39-36-24-21-18-15-12-9-3)57(56-68-70(65,66)67-55-54-62(4,5)6)61-59(63)52-49-46-43-40-37-34-32-30-28-26-23-20-17-14-11-8-2/h27,29-30,32,34,37,48,51,57-58H,7-26,28,31,33,35-36,38-47,49-50,52-56H2,1-6H3,(H-,61,63,65,66)/p+1/b29-27+,32-30+,37-34+,51-48+. The van der Waals surface area contributed by atoms with Crippen LogP contribution < -0.4 is 5.32 Å². The number of nitrogens with zero attached hydrogens (tertiary/aromatic N) is 1. The fraction of sp³-hybridized carbons (Fsp3) is 0.833. The second kappa shape index (κ2) is 50.5. The highest BCUT2D eigenvalue weighted by atomic mass is 31.2. The SMILES string of the molecule is CCCCCCCC/C=C/CCCCCCCCCC(=O)OC(/C=C/CCCCCCCCCCC)C(COP(=O)(O)OCC[N+](C)(C)C)NC(=O)CCCCC/C=C/C=C/CCCCCCCCC. The summed E-state index contributed by atoms with van der Waals surface area (Å²) in [5, 5.41) is 3.03. The number of carbonyl (C=O) groups excluding carboxylic acids is 2. The van der Waals surface area contributed by atoms with E-state index in [4.69, 9.17) is 13.8 Å². The summed E-state index contributed by atoms with van der Waals surface area (Å²) in [5.41, 5.74) is 0. The Hall–Kier alpha value is -2.03. The number of hydrogen-bond acceptors (Lipinski definition) is 6. The number of allylic oxidation sites excluding steroid dienone is 7. The molecule has 3 atom stereocenters. The van der Waals surface area contributed by atoms with Crippen LogP contribution >= 0.6 is 7.82 Å². The molecule has 0 aromatic heterocycles. The first-order valence-electron chi connectivity index (χ1n) is 29.5. The van der Waals surface area contributed by atoms with Crippen molar-refractivity contribution < 1.29 is 37.3 Å². The first-order chi connectivity index (χ1) is 33.9. The van der Waals surface area contributed by atoms with Crippen molar-refractivity contribution in [1.29, 1.82) is 0 Å². The predicted octanol–water partition coefficient (Wildman–Crippen LogP) is 17.7. The van der Waals surface area contributed by atoms with Crippen molar-refractivity contribution >= 4 is 19.7 Å². The number of nitrogens with one attached hydrogen (secondary N) is 1. The maximum atomic E-state index is 13.5. The van der Waals surface area contributed by atoms with Crippen molar-refractivity contribution in [1.82, 2.24) is 5.32 Å². The number of quaternary nitrogens is 1. The van der Waals surface area contributed by atoms with Crippen molar-refractivity contribution in [3.63, 3.8) is 0 Å². The zero-order chi connectivity index (χ0) is 51.5. The van der Waals surface area contributed by atoms with Crippen molar-refractivity contribution in [2.24, 2.45) is 0 Å². The van der Waals surface area contributed by atoms with Crippen LogP contribution in [-0.2, 0) is 27.9 Å². The Morgan fingerprint density at radius 1 is 0.500 bits per heavy atom. The summed E-state index contributed by atoms with van der Waals surface area (Å²) in [7, 11) is 1.48. The first kappa shape index (κ1) is 68.0. The van der Waals surface area contributed by atoms with E-state index in [1.165, 1.54) is 154 Å². The topological polar surface area (TPSA) is 111 Å². The number of carbonyl (C=O) groups is 2. The molecule has 0 heterocycles. The van der Waals surface area contributed by atoms with Gasteiger partial charge in [0.2, 0.25) is 5.91 Å². The molecule has 2 N–H and O–H groups in total. The van der Waals surface area contributed by atoms with Gasteiger partial charge in [0.1, 0.15) is 19.3 Å². The fourth-order valence-electron chi connectivity index (χ4n) is 8.40. The summed E-state index contributed by atoms with van der Waals surface area (Å²) in [6.45, 7) is 6.98. The van der Waals surface area contributed by atoms with Crippen molar-refractivity contribution in [3.8, 4) is 0 Å². The second-order valence-electron chi connectivity index (χ2n) is 21.2. The Morgan fingerprint density at radius 2 is 0.871 bits per heavy atom. The van der Waals surface area contributed by atoms with E-state index in [-0.39, 0.29) is 31.5 Å². The summed E-state index contributed by atoms with van der Waals surface area (Å²) < 4.78 is 30.6. The third kappa shape index (κ3) is 50.9. The first-order valence-corrected chi connectivity index (χ1v) is 31.0. The fourth-order valence-corrected chi connectivity index (χ4v) is 9.13. The van der Waals surface area contributed by atoms with Crippen molar-refractivity contribution in [3.05, 3.63) is 48.6 Å². The van der Waals surface area contributed by atoms with Gasteiger partial charge in [-0.2, -0.15) is 0 Å². The van der Waals surface area contributed by atoms with E-state index in [0.717, 1.165) is 77.0 Å². The van der Waals surface area contributed by atoms with Gasteiger partial charge in [-0.15, -0.1) is 0 Å². The molecule has 0 radical (unpaired) electrons. The van der Waals surface area contributed by atoms with E-state index in [1.807, 2.05) is 33.3 Å². The van der Waals surface area contributed by atoms with E-state index in [9.17, 15) is 19.0 Å². The largest absolute Gasteiger partial charge is 0.472 e. The number of phosphoric acid groups is 1. The number of ether oxygens (including phenoxy) is 1. The number of phosphoric ester groups is 1. The highest BCUT2D eigenvalue weighted by Gasteiger charge is 2.30. The molecule has 10 heteroatoms. The summed E-state index contributed by atoms with van der Waals surface area (Å²) in [6.07, 6.45) is 61.1. The highest BCUT2D eigenvalue weighted by Crippen LogP contribution is 2.43. The van der Waals surface area contributed by atoms with E-state index >= 15 is 0 Å². The molecular weight excluding hydrogens is 892 g/mol. The lowest BCUT2D eigenvalue weighted by Crippen LogP contribution is -2.47. The molecule has 0 aromatic carbocycles. The molecule has 3 unspecified atom stereocenters. The van der Waals surface area contributed by atoms with Gasteiger partial charge in [-0.25, -0.2) is 4.57 Å². The zero-order valence-corrected chi connectivity index (χ0v) is 47.7. The van der Waals surface area contributed by atoms with Gasteiger partial charge in [0, 0.05) is 12.8 Å². The molecule has 70 heavy (non-hydrogen) atoms. The molecule has 410 valence electrons. The normalized spacial score (nSPS) is 14.1. The van der Waals surface area contributed by atoms with Crippen LogP contribution in [0.5, 0.6) is 0 Å². The Kier molecular flexibility index (Phi) is 49.0. The van der Waals surface area contributed by atoms with Gasteiger partial charge in [0.25, 0.3) is 0 Å². The molecule has 0 saturated carbocycles. The van der Waals surface area contributed by atoms with Crippen LogP contribution in [0.4, 0.5) is 0 Å². The number of hydrogen-bond donors (Lipinski definition) is 2. The van der Waals surface area contributed by atoms with Crippen LogP contribution in [0.3, 0.4) is 0 Å². The zero-order valence-electron chi connectivity index (χ0n) is 46.8. The summed E-state index contributed by atoms with van der Waals surface area (Å²) in [5.74, 6) is -0.537. The molecule has 9 nitrogen and oxygen atoms in total. The van der Waals surface area contributed by atoms with Crippen molar-refractivity contribution in [2.75, 3.05) is 40.9 Å². The molecule has 0 rings (SSSR count). The number of rotatable bonds is 53. The van der Waals surface area contributed by atoms with E-state index in [1.54, 1.807) is 0 Å². The van der Waals surface area contributed by atoms with Crippen LogP contribution in [0, 0.1) is 0 Å². The monoisotopic (exact) mass is 1010 g/mol. The van der Waals surface area contributed by atoms with Crippen LogP contribution in [0.1, 0.15) is 271 Å². The maximum absolute atomic E-state index is 13.5. The minimum atomic E-state index is -4.45. The molecule has 0 aliphatic heterocycles. The van der Waals surface area contributed by atoms with E-state index in [0.29, 0.717) is 23.9 Å². The molecule has 0 saturated heterocycles. The number of unbranched alkanes of at least 4 members (excludes halogenated alkanes) is 32. The second-order valence-corrected chi connectivity index (χ2v) is 22.6. The Morgan fingerprint density at radius 3 is 1.31 bits per heavy atom. The van der Waals surface area contributed by atoms with Crippen LogP contribution in [0.25, 0.3) is 0 Å². The number of likely N-dealkylation sites (N-methyl/N-ethyl adjacent to an activating group) is 1. The lowest BCUT2D eigenvalue weighted by Gasteiger charge is -2.27. The molecule has 0 spiro atoms. The quantitative estimate of drug-likeness (QED) is 0.0156. The van der Waals surface area contributed by atoms with Gasteiger partial charge in [0.05, 0.1) is 33.8 Å². The van der Waals surface area contributed by atoms with E-state index < -0.39 is 20.0 Å². The summed E-state index contributed by atoms with van der Waals surface area (Å²) in [4.78, 5) is 37.6. The molecular formula is C60H114N2O7P+. The van der Waals surface area contributed by atoms with Gasteiger partial charge in [-0.05, 0) is 83.1 Å². The van der Waals surface area contributed by atoms with Crippen LogP contribution in [0.15, 0.2) is 48.6 Å². The number of amides is 1. The van der Waals surface area contributed by atoms with Crippen LogP contribution in [0.2, 0.25) is 0 Å². The lowest BCUT2D eigenvalue weighted by atomic mass is 10.1. The Balaban J connectivity index is 5.34. The summed E-state index contributed by atoms with van der Waals surface area (Å²) >= 11 is 0.